The van der Waals surface area contributed by atoms with Gasteiger partial charge in [-0.05, 0) is 52.0 Å². The fourth-order valence-corrected chi connectivity index (χ4v) is 2.57. The molecule has 0 radical (unpaired) electrons. The molecule has 1 heterocycles. The molecule has 0 aromatic rings. The molecule has 0 saturated carbocycles. The zero-order chi connectivity index (χ0) is 15.2. The Balaban J connectivity index is 2.58. The summed E-state index contributed by atoms with van der Waals surface area (Å²) in [5.41, 5.74) is -0.551. The maximum Gasteiger partial charge on any atom is 0.408 e. The van der Waals surface area contributed by atoms with Crippen LogP contribution in [0, 0.1) is 0 Å². The first-order valence-corrected chi connectivity index (χ1v) is 8.50. The molecule has 0 aliphatic carbocycles. The maximum absolute atomic E-state index is 12.4. The van der Waals surface area contributed by atoms with E-state index in [-0.39, 0.29) is 5.91 Å². The van der Waals surface area contributed by atoms with Crippen LogP contribution in [0.1, 0.15) is 40.0 Å². The van der Waals surface area contributed by atoms with Gasteiger partial charge in [-0.1, -0.05) is 0 Å². The molecule has 1 fully saturated rings. The summed E-state index contributed by atoms with van der Waals surface area (Å²) in [6, 6.07) is -0.476. The van der Waals surface area contributed by atoms with Gasteiger partial charge < -0.3 is 15.0 Å². The van der Waals surface area contributed by atoms with Crippen LogP contribution in [0.2, 0.25) is 0 Å². The van der Waals surface area contributed by atoms with E-state index >= 15 is 0 Å². The highest BCUT2D eigenvalue weighted by Gasteiger charge is 2.28. The van der Waals surface area contributed by atoms with Gasteiger partial charge in [0.1, 0.15) is 11.6 Å². The number of alkyl carbamates (subject to hydrolysis) is 1. The molecule has 5 nitrogen and oxygen atoms in total. The molecule has 1 atom stereocenters. The van der Waals surface area contributed by atoms with Gasteiger partial charge in [-0.15, -0.1) is 0 Å². The molecule has 1 saturated heterocycles. The van der Waals surface area contributed by atoms with Crippen LogP contribution in [0.25, 0.3) is 0 Å². The van der Waals surface area contributed by atoms with Gasteiger partial charge in [0, 0.05) is 13.1 Å². The number of hydrogen-bond donors (Lipinski definition) is 1. The third kappa shape index (κ3) is 6.03. The van der Waals surface area contributed by atoms with E-state index in [0.29, 0.717) is 6.42 Å². The first-order valence-electron chi connectivity index (χ1n) is 7.11. The van der Waals surface area contributed by atoms with Crippen LogP contribution >= 0.6 is 11.8 Å². The van der Waals surface area contributed by atoms with Crippen LogP contribution in [0.5, 0.6) is 0 Å². The van der Waals surface area contributed by atoms with Crippen molar-refractivity contribution in [3.63, 3.8) is 0 Å². The topological polar surface area (TPSA) is 58.6 Å². The third-order valence-corrected chi connectivity index (χ3v) is 3.66. The second kappa shape index (κ2) is 7.76. The van der Waals surface area contributed by atoms with Gasteiger partial charge in [0.2, 0.25) is 5.91 Å². The Morgan fingerprint density at radius 2 is 1.90 bits per heavy atom. The molecule has 1 aliphatic heterocycles. The Hall–Kier alpha value is -0.910. The predicted octanol–water partition coefficient (Wildman–Crippen LogP) is 2.26. The molecule has 0 aromatic carbocycles. The fraction of sp³-hybridized carbons (Fsp3) is 0.857. The van der Waals surface area contributed by atoms with Crippen molar-refractivity contribution in [1.82, 2.24) is 10.2 Å². The number of ether oxygens (including phenoxy) is 1. The van der Waals surface area contributed by atoms with Gasteiger partial charge in [0.15, 0.2) is 0 Å². The molecule has 6 heteroatoms. The summed E-state index contributed by atoms with van der Waals surface area (Å²) in [6.07, 6.45) is 4.21. The van der Waals surface area contributed by atoms with Gasteiger partial charge >= 0.3 is 6.09 Å². The molecule has 1 N–H and O–H groups in total. The third-order valence-electron chi connectivity index (χ3n) is 3.02. The molecule has 2 amide bonds. The van der Waals surface area contributed by atoms with Crippen LogP contribution in [0.3, 0.4) is 0 Å². The van der Waals surface area contributed by atoms with Crippen molar-refractivity contribution in [3.05, 3.63) is 0 Å². The summed E-state index contributed by atoms with van der Waals surface area (Å²) in [4.78, 5) is 26.1. The van der Waals surface area contributed by atoms with E-state index in [0.717, 1.165) is 31.7 Å². The van der Waals surface area contributed by atoms with E-state index in [1.54, 1.807) is 11.8 Å². The van der Waals surface area contributed by atoms with Crippen molar-refractivity contribution in [2.24, 2.45) is 0 Å². The number of carbonyl (C=O) groups excluding carboxylic acids is 2. The molecule has 1 aliphatic rings. The maximum atomic E-state index is 12.4. The van der Waals surface area contributed by atoms with E-state index in [2.05, 4.69) is 5.32 Å². The second-order valence-corrected chi connectivity index (χ2v) is 7.00. The lowest BCUT2D eigenvalue weighted by molar-refractivity contribution is -0.132. The van der Waals surface area contributed by atoms with Crippen molar-refractivity contribution in [3.8, 4) is 0 Å². The van der Waals surface area contributed by atoms with Crippen molar-refractivity contribution < 1.29 is 14.3 Å². The van der Waals surface area contributed by atoms with Crippen LogP contribution in [-0.2, 0) is 9.53 Å². The SMILES string of the molecule is CSCC[C@H](NC(=O)OC(C)(C)C)C(=O)N1CCCC1. The lowest BCUT2D eigenvalue weighted by atomic mass is 10.2. The molecule has 1 rings (SSSR count). The van der Waals surface area contributed by atoms with E-state index in [9.17, 15) is 9.59 Å². The summed E-state index contributed by atoms with van der Waals surface area (Å²) in [5, 5.41) is 2.72. The molecular weight excluding hydrogens is 276 g/mol. The van der Waals surface area contributed by atoms with Crippen LogP contribution in [-0.4, -0.2) is 53.6 Å². The van der Waals surface area contributed by atoms with Gasteiger partial charge in [0.25, 0.3) is 0 Å². The predicted molar refractivity (Wildman–Crippen MR) is 82.0 cm³/mol. The molecular formula is C14H26N2O3S. The average Bonchev–Trinajstić information content (AvgIpc) is 2.84. The van der Waals surface area contributed by atoms with E-state index < -0.39 is 17.7 Å². The van der Waals surface area contributed by atoms with E-state index in [1.165, 1.54) is 0 Å². The van der Waals surface area contributed by atoms with Crippen LogP contribution < -0.4 is 5.32 Å². The van der Waals surface area contributed by atoms with Crippen molar-refractivity contribution in [2.45, 2.75) is 51.7 Å². The minimum Gasteiger partial charge on any atom is -0.444 e. The Labute approximate surface area is 125 Å². The number of thioether (sulfide) groups is 1. The summed E-state index contributed by atoms with van der Waals surface area (Å²) < 4.78 is 5.23. The number of nitrogens with one attached hydrogen (secondary N) is 1. The summed E-state index contributed by atoms with van der Waals surface area (Å²) >= 11 is 1.67. The van der Waals surface area contributed by atoms with Crippen LogP contribution in [0.15, 0.2) is 0 Å². The number of carbonyl (C=O) groups is 2. The quantitative estimate of drug-likeness (QED) is 0.846. The standard InChI is InChI=1S/C14H26N2O3S/c1-14(2,3)19-13(18)15-11(7-10-20-4)12(17)16-8-5-6-9-16/h11H,5-10H2,1-4H3,(H,15,18)/t11-/m0/s1. The first kappa shape index (κ1) is 17.1. The highest BCUT2D eigenvalue weighted by Crippen LogP contribution is 2.13. The molecule has 20 heavy (non-hydrogen) atoms. The number of amides is 2. The normalized spacial score (nSPS) is 16.9. The van der Waals surface area contributed by atoms with Gasteiger partial charge in [-0.25, -0.2) is 4.79 Å². The Morgan fingerprint density at radius 1 is 1.30 bits per heavy atom. The summed E-state index contributed by atoms with van der Waals surface area (Å²) in [7, 11) is 0. The highest BCUT2D eigenvalue weighted by molar-refractivity contribution is 7.98. The lowest BCUT2D eigenvalue weighted by Gasteiger charge is -2.26. The summed E-state index contributed by atoms with van der Waals surface area (Å²) in [5.74, 6) is 0.849. The molecule has 0 bridgehead atoms. The van der Waals surface area contributed by atoms with Gasteiger partial charge in [0.05, 0.1) is 0 Å². The van der Waals surface area contributed by atoms with Gasteiger partial charge in [-0.3, -0.25) is 4.79 Å². The minimum absolute atomic E-state index is 0.0161. The zero-order valence-electron chi connectivity index (χ0n) is 12.9. The lowest BCUT2D eigenvalue weighted by Crippen LogP contribution is -2.49. The first-order chi connectivity index (χ1) is 9.33. The smallest absolute Gasteiger partial charge is 0.408 e. The molecule has 0 unspecified atom stereocenters. The summed E-state index contributed by atoms with van der Waals surface area (Å²) in [6.45, 7) is 7.03. The Kier molecular flexibility index (Phi) is 6.65. The molecule has 0 aromatic heterocycles. The molecule has 0 spiro atoms. The van der Waals surface area contributed by atoms with Crippen molar-refractivity contribution in [2.75, 3.05) is 25.1 Å². The van der Waals surface area contributed by atoms with Gasteiger partial charge in [-0.2, -0.15) is 11.8 Å². The zero-order valence-corrected chi connectivity index (χ0v) is 13.7. The van der Waals surface area contributed by atoms with E-state index in [4.69, 9.17) is 4.74 Å². The monoisotopic (exact) mass is 302 g/mol. The Bertz CT molecular complexity index is 336. The second-order valence-electron chi connectivity index (χ2n) is 6.01. The van der Waals surface area contributed by atoms with Crippen molar-refractivity contribution >= 4 is 23.8 Å². The molecule has 116 valence electrons. The number of likely N-dealkylation sites (tertiary alicyclic amines) is 1. The van der Waals surface area contributed by atoms with Crippen molar-refractivity contribution in [1.29, 1.82) is 0 Å². The number of hydrogen-bond acceptors (Lipinski definition) is 4. The number of rotatable bonds is 5. The average molecular weight is 302 g/mol. The van der Waals surface area contributed by atoms with E-state index in [1.807, 2.05) is 31.9 Å². The largest absolute Gasteiger partial charge is 0.444 e. The fourth-order valence-electron chi connectivity index (χ4n) is 2.10. The van der Waals surface area contributed by atoms with Crippen LogP contribution in [0.4, 0.5) is 4.79 Å². The minimum atomic E-state index is -0.551. The number of nitrogens with zero attached hydrogens (tertiary/aromatic N) is 1. The Morgan fingerprint density at radius 3 is 2.40 bits per heavy atom. The highest BCUT2D eigenvalue weighted by atomic mass is 32.2.